The highest BCUT2D eigenvalue weighted by molar-refractivity contribution is 6.37. The minimum Gasteiger partial charge on any atom is -0.486 e. The predicted molar refractivity (Wildman–Crippen MR) is 124 cm³/mol. The highest BCUT2D eigenvalue weighted by Crippen LogP contribution is 2.34. The van der Waals surface area contributed by atoms with Crippen molar-refractivity contribution in [3.05, 3.63) is 87.7 Å². The maximum Gasteiger partial charge on any atom is 0.157 e. The quantitative estimate of drug-likeness (QED) is 0.406. The summed E-state index contributed by atoms with van der Waals surface area (Å²) in [7, 11) is 0. The van der Waals surface area contributed by atoms with Crippen molar-refractivity contribution in [2.24, 2.45) is 4.99 Å². The van der Waals surface area contributed by atoms with Crippen molar-refractivity contribution in [1.29, 1.82) is 0 Å². The van der Waals surface area contributed by atoms with E-state index in [0.29, 0.717) is 21.4 Å². The van der Waals surface area contributed by atoms with Crippen molar-refractivity contribution in [3.8, 4) is 5.75 Å². The summed E-state index contributed by atoms with van der Waals surface area (Å²) in [4.78, 5) is 6.80. The number of rotatable bonds is 6. The van der Waals surface area contributed by atoms with Gasteiger partial charge in [-0.3, -0.25) is 4.99 Å². The molecule has 4 nitrogen and oxygen atoms in total. The zero-order valence-electron chi connectivity index (χ0n) is 16.7. The van der Waals surface area contributed by atoms with Gasteiger partial charge in [-0.05, 0) is 59.7 Å². The molecular weight excluding hydrogens is 438 g/mol. The minimum absolute atomic E-state index is 0.167. The van der Waals surface area contributed by atoms with Crippen LogP contribution in [0.2, 0.25) is 10.0 Å². The van der Waals surface area contributed by atoms with E-state index in [-0.39, 0.29) is 12.4 Å². The summed E-state index contributed by atoms with van der Waals surface area (Å²) >= 11 is 12.7. The summed E-state index contributed by atoms with van der Waals surface area (Å²) < 4.78 is 24.4. The van der Waals surface area contributed by atoms with Gasteiger partial charge in [0, 0.05) is 25.0 Å². The first-order chi connectivity index (χ1) is 15.1. The average molecular weight is 459 g/mol. The smallest absolute Gasteiger partial charge is 0.157 e. The highest BCUT2D eigenvalue weighted by Gasteiger charge is 2.11. The van der Waals surface area contributed by atoms with Crippen molar-refractivity contribution in [2.75, 3.05) is 31.2 Å². The summed E-state index contributed by atoms with van der Waals surface area (Å²) in [6, 6.07) is 17.7. The number of nitrogens with zero attached hydrogens (tertiary/aromatic N) is 2. The molecule has 3 aromatic carbocycles. The van der Waals surface area contributed by atoms with E-state index in [4.69, 9.17) is 32.7 Å². The molecule has 160 valence electrons. The number of halogens is 3. The molecule has 0 atom stereocenters. The number of benzene rings is 3. The van der Waals surface area contributed by atoms with Gasteiger partial charge in [0.05, 0.1) is 28.9 Å². The van der Waals surface area contributed by atoms with E-state index in [1.807, 2.05) is 12.1 Å². The molecule has 0 N–H and O–H groups in total. The van der Waals surface area contributed by atoms with Crippen LogP contribution in [0.25, 0.3) is 0 Å². The lowest BCUT2D eigenvalue weighted by atomic mass is 10.2. The van der Waals surface area contributed by atoms with Gasteiger partial charge in [0.25, 0.3) is 0 Å². The second-order valence-electron chi connectivity index (χ2n) is 7.11. The third-order valence-electron chi connectivity index (χ3n) is 4.88. The summed E-state index contributed by atoms with van der Waals surface area (Å²) in [6.45, 7) is 3.47. The lowest BCUT2D eigenvalue weighted by Crippen LogP contribution is -2.36. The van der Waals surface area contributed by atoms with Crippen LogP contribution < -0.4 is 9.64 Å². The van der Waals surface area contributed by atoms with Crippen LogP contribution in [0, 0.1) is 5.82 Å². The fourth-order valence-electron chi connectivity index (χ4n) is 3.29. The maximum absolute atomic E-state index is 13.3. The van der Waals surface area contributed by atoms with Gasteiger partial charge >= 0.3 is 0 Å². The molecule has 1 heterocycles. The largest absolute Gasteiger partial charge is 0.486 e. The summed E-state index contributed by atoms with van der Waals surface area (Å²) in [5, 5.41) is 0.737. The van der Waals surface area contributed by atoms with Crippen molar-refractivity contribution < 1.29 is 13.9 Å². The van der Waals surface area contributed by atoms with E-state index >= 15 is 0 Å². The normalized spacial score (nSPS) is 14.2. The van der Waals surface area contributed by atoms with Crippen molar-refractivity contribution in [2.45, 2.75) is 6.61 Å². The summed E-state index contributed by atoms with van der Waals surface area (Å²) in [5.74, 6) is 0.0439. The van der Waals surface area contributed by atoms with Crippen LogP contribution in [0.5, 0.6) is 5.75 Å². The Bertz CT molecular complexity index is 1040. The molecule has 1 saturated heterocycles. The Kier molecular flexibility index (Phi) is 7.07. The molecule has 0 aromatic heterocycles. The van der Waals surface area contributed by atoms with Gasteiger partial charge in [0.2, 0.25) is 0 Å². The Morgan fingerprint density at radius 1 is 1.00 bits per heavy atom. The molecule has 1 aliphatic rings. The fourth-order valence-corrected chi connectivity index (χ4v) is 3.91. The molecule has 0 unspecified atom stereocenters. The molecule has 1 aliphatic heterocycles. The monoisotopic (exact) mass is 458 g/mol. The van der Waals surface area contributed by atoms with E-state index in [0.717, 1.165) is 43.2 Å². The van der Waals surface area contributed by atoms with Crippen LogP contribution in [-0.4, -0.2) is 32.5 Å². The third-order valence-corrected chi connectivity index (χ3v) is 5.44. The second-order valence-corrected chi connectivity index (χ2v) is 7.92. The Hall–Kier alpha value is -2.60. The molecule has 3 aromatic rings. The van der Waals surface area contributed by atoms with Gasteiger partial charge in [-0.25, -0.2) is 4.39 Å². The lowest BCUT2D eigenvalue weighted by molar-refractivity contribution is 0.122. The molecule has 0 spiro atoms. The number of aliphatic imine (C=N–C) groups is 1. The van der Waals surface area contributed by atoms with Gasteiger partial charge in [0.1, 0.15) is 12.4 Å². The Morgan fingerprint density at radius 3 is 2.39 bits per heavy atom. The Labute approximate surface area is 190 Å². The fraction of sp³-hybridized carbons (Fsp3) is 0.208. The van der Waals surface area contributed by atoms with E-state index in [2.05, 4.69) is 22.0 Å². The van der Waals surface area contributed by atoms with Crippen molar-refractivity contribution in [1.82, 2.24) is 0 Å². The van der Waals surface area contributed by atoms with Gasteiger partial charge in [-0.1, -0.05) is 35.3 Å². The highest BCUT2D eigenvalue weighted by atomic mass is 35.5. The van der Waals surface area contributed by atoms with Gasteiger partial charge < -0.3 is 14.4 Å². The lowest BCUT2D eigenvalue weighted by Gasteiger charge is -2.28. The minimum atomic E-state index is -0.317. The van der Waals surface area contributed by atoms with Crippen LogP contribution in [0.4, 0.5) is 15.8 Å². The SMILES string of the molecule is Fc1cccc(COc2c(Cl)cc(C=Nc3ccc(N4CCOCC4)cc3)cc2Cl)c1. The number of hydrogen-bond donors (Lipinski definition) is 0. The van der Waals surface area contributed by atoms with Crippen LogP contribution in [0.15, 0.2) is 65.7 Å². The predicted octanol–water partition coefficient (Wildman–Crippen LogP) is 6.30. The number of hydrogen-bond acceptors (Lipinski definition) is 4. The first-order valence-corrected chi connectivity index (χ1v) is 10.7. The van der Waals surface area contributed by atoms with Crippen LogP contribution in [0.1, 0.15) is 11.1 Å². The summed E-state index contributed by atoms with van der Waals surface area (Å²) in [6.07, 6.45) is 1.71. The zero-order chi connectivity index (χ0) is 21.6. The Morgan fingerprint density at radius 2 is 1.71 bits per heavy atom. The topological polar surface area (TPSA) is 34.1 Å². The van der Waals surface area contributed by atoms with Gasteiger partial charge in [-0.2, -0.15) is 0 Å². The first-order valence-electron chi connectivity index (χ1n) is 9.91. The number of anilines is 1. The van der Waals surface area contributed by atoms with E-state index in [1.165, 1.54) is 12.1 Å². The van der Waals surface area contributed by atoms with Crippen LogP contribution in [-0.2, 0) is 11.3 Å². The molecule has 7 heteroatoms. The molecule has 0 amide bonds. The van der Waals surface area contributed by atoms with Crippen molar-refractivity contribution >= 4 is 40.8 Å². The molecule has 0 saturated carbocycles. The van der Waals surface area contributed by atoms with Gasteiger partial charge in [-0.15, -0.1) is 0 Å². The standard InChI is InChI=1S/C24H21Cl2FN2O2/c25-22-13-18(14-23(26)24(22)31-16-17-2-1-3-19(27)12-17)15-28-20-4-6-21(7-5-20)29-8-10-30-11-9-29/h1-7,12-15H,8-11,16H2. The second kappa shape index (κ2) is 10.1. The molecule has 31 heavy (non-hydrogen) atoms. The van der Waals surface area contributed by atoms with E-state index in [1.54, 1.807) is 30.5 Å². The molecule has 0 aliphatic carbocycles. The van der Waals surface area contributed by atoms with E-state index < -0.39 is 0 Å². The molecule has 4 rings (SSSR count). The van der Waals surface area contributed by atoms with E-state index in [9.17, 15) is 4.39 Å². The molecular formula is C24H21Cl2FN2O2. The molecule has 0 radical (unpaired) electrons. The number of morpholine rings is 1. The van der Waals surface area contributed by atoms with Crippen LogP contribution in [0.3, 0.4) is 0 Å². The number of ether oxygens (including phenoxy) is 2. The average Bonchev–Trinajstić information content (AvgIpc) is 2.78. The summed E-state index contributed by atoms with van der Waals surface area (Å²) in [5.41, 5.74) is 3.44. The molecule has 0 bridgehead atoms. The van der Waals surface area contributed by atoms with Crippen molar-refractivity contribution in [3.63, 3.8) is 0 Å². The molecule has 1 fully saturated rings. The Balaban J connectivity index is 1.42. The third kappa shape index (κ3) is 5.76. The van der Waals surface area contributed by atoms with Gasteiger partial charge in [0.15, 0.2) is 5.75 Å². The van der Waals surface area contributed by atoms with Crippen LogP contribution >= 0.6 is 23.2 Å². The maximum atomic E-state index is 13.3. The first kappa shape index (κ1) is 21.6. The zero-order valence-corrected chi connectivity index (χ0v) is 18.2.